The van der Waals surface area contributed by atoms with Crippen molar-refractivity contribution in [1.29, 1.82) is 0 Å². The number of ether oxygens (including phenoxy) is 1. The zero-order valence-corrected chi connectivity index (χ0v) is 17.0. The molecular weight excluding hydrogens is 460 g/mol. The van der Waals surface area contributed by atoms with Crippen LogP contribution in [0.5, 0.6) is 5.75 Å². The van der Waals surface area contributed by atoms with Gasteiger partial charge in [-0.2, -0.15) is 18.2 Å². The summed E-state index contributed by atoms with van der Waals surface area (Å²) >= 11 is 0. The SMILES string of the molecule is NCCCNc1nc(Nc2cccc(OC(F)(F)F)c2)ncc1C1CC1.O=C(O)C(F)(F)F. The molecule has 0 radical (unpaired) electrons. The lowest BCUT2D eigenvalue weighted by Crippen LogP contribution is -2.21. The Kier molecular flexibility index (Phi) is 8.68. The van der Waals surface area contributed by atoms with E-state index >= 15 is 0 Å². The fraction of sp³-hybridized carbons (Fsp3) is 0.421. The van der Waals surface area contributed by atoms with Crippen LogP contribution in [0.1, 0.15) is 30.7 Å². The van der Waals surface area contributed by atoms with Crippen LogP contribution >= 0.6 is 0 Å². The van der Waals surface area contributed by atoms with Gasteiger partial charge in [-0.25, -0.2) is 9.78 Å². The Morgan fingerprint density at radius 2 is 1.88 bits per heavy atom. The van der Waals surface area contributed by atoms with E-state index < -0.39 is 18.5 Å². The molecule has 0 bridgehead atoms. The van der Waals surface area contributed by atoms with Crippen molar-refractivity contribution in [2.75, 3.05) is 23.7 Å². The number of aliphatic carboxylic acids is 1. The molecule has 1 aromatic heterocycles. The summed E-state index contributed by atoms with van der Waals surface area (Å²) in [7, 11) is 0. The Bertz CT molecular complexity index is 935. The first-order valence-corrected chi connectivity index (χ1v) is 9.63. The number of nitrogens with one attached hydrogen (secondary N) is 2. The van der Waals surface area contributed by atoms with Gasteiger partial charge in [-0.1, -0.05) is 6.07 Å². The van der Waals surface area contributed by atoms with Gasteiger partial charge in [0.25, 0.3) is 0 Å². The summed E-state index contributed by atoms with van der Waals surface area (Å²) < 4.78 is 72.7. The molecule has 8 nitrogen and oxygen atoms in total. The van der Waals surface area contributed by atoms with E-state index in [0.29, 0.717) is 30.6 Å². The molecule has 3 rings (SSSR count). The van der Waals surface area contributed by atoms with Gasteiger partial charge < -0.3 is 26.2 Å². The first kappa shape index (κ1) is 26.0. The van der Waals surface area contributed by atoms with E-state index in [2.05, 4.69) is 25.3 Å². The highest BCUT2D eigenvalue weighted by molar-refractivity contribution is 5.73. The topological polar surface area (TPSA) is 122 Å². The third-order valence-electron chi connectivity index (χ3n) is 4.07. The maximum atomic E-state index is 12.3. The van der Waals surface area contributed by atoms with E-state index in [1.807, 2.05) is 0 Å². The molecule has 1 saturated carbocycles. The van der Waals surface area contributed by atoms with Crippen LogP contribution in [0.15, 0.2) is 30.5 Å². The van der Waals surface area contributed by atoms with Gasteiger partial charge >= 0.3 is 18.5 Å². The molecule has 1 aliphatic rings. The minimum Gasteiger partial charge on any atom is -0.475 e. The molecular formula is C19H21F6N5O3. The molecule has 1 aliphatic carbocycles. The Morgan fingerprint density at radius 1 is 1.21 bits per heavy atom. The smallest absolute Gasteiger partial charge is 0.475 e. The van der Waals surface area contributed by atoms with E-state index in [1.54, 1.807) is 12.3 Å². The number of carboxylic acid groups (broad SMARTS) is 1. The van der Waals surface area contributed by atoms with Crippen LogP contribution in [-0.2, 0) is 4.79 Å². The maximum Gasteiger partial charge on any atom is 0.573 e. The molecule has 2 aromatic rings. The van der Waals surface area contributed by atoms with Gasteiger partial charge in [-0.05, 0) is 43.9 Å². The van der Waals surface area contributed by atoms with Gasteiger partial charge in [-0.3, -0.25) is 0 Å². The Hall–Kier alpha value is -3.29. The number of hydrogen-bond donors (Lipinski definition) is 4. The third-order valence-corrected chi connectivity index (χ3v) is 4.07. The number of carbonyl (C=O) groups is 1. The number of alkyl halides is 6. The highest BCUT2D eigenvalue weighted by Gasteiger charge is 2.38. The second-order valence-electron chi connectivity index (χ2n) is 6.84. The Labute approximate surface area is 184 Å². The zero-order chi connectivity index (χ0) is 24.6. The molecule has 0 amide bonds. The Morgan fingerprint density at radius 3 is 2.42 bits per heavy atom. The van der Waals surface area contributed by atoms with Crippen LogP contribution in [0.25, 0.3) is 0 Å². The quantitative estimate of drug-likeness (QED) is 0.324. The van der Waals surface area contributed by atoms with E-state index in [4.69, 9.17) is 15.6 Å². The lowest BCUT2D eigenvalue weighted by molar-refractivity contribution is -0.274. The van der Waals surface area contributed by atoms with Crippen LogP contribution in [-0.4, -0.2) is 46.7 Å². The molecule has 0 spiro atoms. The van der Waals surface area contributed by atoms with Crippen molar-refractivity contribution in [3.05, 3.63) is 36.0 Å². The number of carboxylic acids is 1. The number of hydrogen-bond acceptors (Lipinski definition) is 7. The molecule has 5 N–H and O–H groups in total. The second-order valence-corrected chi connectivity index (χ2v) is 6.84. The first-order valence-electron chi connectivity index (χ1n) is 9.63. The van der Waals surface area contributed by atoms with Crippen molar-refractivity contribution in [2.45, 2.75) is 37.7 Å². The number of benzene rings is 1. The molecule has 0 saturated heterocycles. The highest BCUT2D eigenvalue weighted by atomic mass is 19.4. The van der Waals surface area contributed by atoms with Gasteiger partial charge in [0.05, 0.1) is 0 Å². The van der Waals surface area contributed by atoms with Gasteiger partial charge in [0, 0.05) is 30.1 Å². The van der Waals surface area contributed by atoms with Crippen molar-refractivity contribution in [3.63, 3.8) is 0 Å². The van der Waals surface area contributed by atoms with E-state index in [-0.39, 0.29) is 5.75 Å². The number of nitrogens with two attached hydrogens (primary N) is 1. The van der Waals surface area contributed by atoms with Crippen molar-refractivity contribution in [2.24, 2.45) is 5.73 Å². The molecule has 1 heterocycles. The number of anilines is 3. The van der Waals surface area contributed by atoms with Crippen molar-refractivity contribution in [3.8, 4) is 5.75 Å². The van der Waals surface area contributed by atoms with Crippen LogP contribution in [0, 0.1) is 0 Å². The number of nitrogens with zero attached hydrogens (tertiary/aromatic N) is 2. The predicted octanol–water partition coefficient (Wildman–Crippen LogP) is 4.39. The lowest BCUT2D eigenvalue weighted by Gasteiger charge is -2.13. The maximum absolute atomic E-state index is 12.3. The summed E-state index contributed by atoms with van der Waals surface area (Å²) in [5.41, 5.74) is 6.97. The average Bonchev–Trinajstić information content (AvgIpc) is 3.52. The highest BCUT2D eigenvalue weighted by Crippen LogP contribution is 2.42. The molecule has 0 unspecified atom stereocenters. The van der Waals surface area contributed by atoms with Gasteiger partial charge in [0.1, 0.15) is 11.6 Å². The first-order chi connectivity index (χ1) is 15.4. The van der Waals surface area contributed by atoms with Crippen LogP contribution in [0.4, 0.5) is 43.8 Å². The number of halogens is 6. The van der Waals surface area contributed by atoms with Crippen LogP contribution in [0.3, 0.4) is 0 Å². The second kappa shape index (κ2) is 11.0. The molecule has 14 heteroatoms. The van der Waals surface area contributed by atoms with Gasteiger partial charge in [0.15, 0.2) is 0 Å². The van der Waals surface area contributed by atoms with Crippen molar-refractivity contribution >= 4 is 23.4 Å². The standard InChI is InChI=1S/C17H20F3N5O.C2HF3O2/c18-17(19,20)26-13-4-1-3-12(9-13)24-16-23-10-14(11-5-6-11)15(25-16)22-8-2-7-21;3-2(4,5)1(6)7/h1,3-4,9-11H,2,5-8,21H2,(H2,22,23,24,25);(H,6,7). The summed E-state index contributed by atoms with van der Waals surface area (Å²) in [4.78, 5) is 17.6. The van der Waals surface area contributed by atoms with Gasteiger partial charge in [-0.15, -0.1) is 13.2 Å². The summed E-state index contributed by atoms with van der Waals surface area (Å²) in [6.07, 6.45) is -5.03. The molecule has 182 valence electrons. The number of aromatic nitrogens is 2. The summed E-state index contributed by atoms with van der Waals surface area (Å²) in [6.45, 7) is 1.27. The fourth-order valence-corrected chi connectivity index (χ4v) is 2.49. The largest absolute Gasteiger partial charge is 0.573 e. The molecule has 1 fully saturated rings. The minimum atomic E-state index is -5.08. The lowest BCUT2D eigenvalue weighted by atomic mass is 10.2. The van der Waals surface area contributed by atoms with Crippen molar-refractivity contribution < 1.29 is 41.0 Å². The zero-order valence-electron chi connectivity index (χ0n) is 17.0. The fourth-order valence-electron chi connectivity index (χ4n) is 2.49. The van der Waals surface area contributed by atoms with E-state index in [9.17, 15) is 26.3 Å². The molecule has 0 atom stereocenters. The third kappa shape index (κ3) is 9.39. The molecule has 1 aromatic carbocycles. The van der Waals surface area contributed by atoms with E-state index in [0.717, 1.165) is 30.6 Å². The summed E-state index contributed by atoms with van der Waals surface area (Å²) in [6, 6.07) is 5.55. The average molecular weight is 481 g/mol. The summed E-state index contributed by atoms with van der Waals surface area (Å²) in [5, 5.41) is 13.3. The van der Waals surface area contributed by atoms with Crippen molar-refractivity contribution in [1.82, 2.24) is 9.97 Å². The van der Waals surface area contributed by atoms with Crippen LogP contribution in [0.2, 0.25) is 0 Å². The summed E-state index contributed by atoms with van der Waals surface area (Å²) in [5.74, 6) is -1.56. The Balaban J connectivity index is 0.000000479. The normalized spacial score (nSPS) is 13.5. The minimum absolute atomic E-state index is 0.300. The molecule has 33 heavy (non-hydrogen) atoms. The molecule has 0 aliphatic heterocycles. The van der Waals surface area contributed by atoms with Crippen LogP contribution < -0.4 is 21.1 Å². The van der Waals surface area contributed by atoms with Gasteiger partial charge in [0.2, 0.25) is 5.95 Å². The monoisotopic (exact) mass is 481 g/mol. The van der Waals surface area contributed by atoms with E-state index in [1.165, 1.54) is 18.2 Å². The number of rotatable bonds is 8. The predicted molar refractivity (Wildman–Crippen MR) is 106 cm³/mol.